The first-order chi connectivity index (χ1) is 30.5. The Kier molecular flexibility index (Phi) is 8.04. The molecule has 2 heterocycles. The summed E-state index contributed by atoms with van der Waals surface area (Å²) in [5.74, 6) is 1.77. The van der Waals surface area contributed by atoms with Crippen LogP contribution in [0.25, 0.3) is 61.0 Å². The molecule has 0 saturated carbocycles. The van der Waals surface area contributed by atoms with Crippen molar-refractivity contribution in [3.63, 3.8) is 0 Å². The quantitative estimate of drug-likeness (QED) is 0.157. The maximum absolute atomic E-state index is 7.13. The Bertz CT molecular complexity index is 3500. The lowest BCUT2D eigenvalue weighted by atomic mass is 9.65. The summed E-state index contributed by atoms with van der Waals surface area (Å²) in [7, 11) is 0. The molecule has 10 aromatic rings. The molecule has 12 rings (SSSR count). The summed E-state index contributed by atoms with van der Waals surface area (Å²) in [5.41, 5.74) is 17.3. The molecule has 0 fully saturated rings. The summed E-state index contributed by atoms with van der Waals surface area (Å²) in [6.07, 6.45) is 4.06. The van der Waals surface area contributed by atoms with Crippen LogP contribution in [0, 0.1) is 6.92 Å². The van der Waals surface area contributed by atoms with Gasteiger partial charge in [0.2, 0.25) is 0 Å². The summed E-state index contributed by atoms with van der Waals surface area (Å²) in [6.45, 7) is 8.25. The van der Waals surface area contributed by atoms with E-state index in [2.05, 4.69) is 207 Å². The van der Waals surface area contributed by atoms with Gasteiger partial charge in [-0.2, -0.15) is 0 Å². The van der Waals surface area contributed by atoms with E-state index < -0.39 is 5.41 Å². The summed E-state index contributed by atoms with van der Waals surface area (Å²) in [6, 6.07) is 68.2. The molecule has 3 heteroatoms. The van der Waals surface area contributed by atoms with Gasteiger partial charge in [-0.1, -0.05) is 169 Å². The molecule has 0 amide bonds. The normalized spacial score (nSPS) is 15.0. The van der Waals surface area contributed by atoms with Crippen molar-refractivity contribution in [2.75, 3.05) is 4.90 Å². The molecule has 3 nitrogen and oxygen atoms in total. The monoisotopic (exact) mass is 795 g/mol. The molecule has 1 unspecified atom stereocenters. The van der Waals surface area contributed by atoms with Gasteiger partial charge < -0.3 is 14.1 Å². The number of anilines is 3. The molecule has 1 atom stereocenters. The number of allylic oxidation sites excluding steroid dienone is 2. The van der Waals surface area contributed by atoms with Gasteiger partial charge in [-0.25, -0.2) is 0 Å². The molecule has 62 heavy (non-hydrogen) atoms. The van der Waals surface area contributed by atoms with Gasteiger partial charge in [0.15, 0.2) is 0 Å². The van der Waals surface area contributed by atoms with Crippen molar-refractivity contribution in [3.8, 4) is 33.8 Å². The van der Waals surface area contributed by atoms with Crippen LogP contribution in [0.1, 0.15) is 40.3 Å². The highest BCUT2D eigenvalue weighted by Gasteiger charge is 2.52. The third-order valence-corrected chi connectivity index (χ3v) is 13.0. The fraction of sp³-hybridized carbons (Fsp3) is 0.0508. The molecule has 1 aliphatic carbocycles. The number of furan rings is 1. The van der Waals surface area contributed by atoms with E-state index in [1.165, 1.54) is 38.8 Å². The minimum atomic E-state index is -0.634. The lowest BCUT2D eigenvalue weighted by Crippen LogP contribution is -2.32. The van der Waals surface area contributed by atoms with Crippen molar-refractivity contribution in [2.24, 2.45) is 0 Å². The topological polar surface area (TPSA) is 25.6 Å². The van der Waals surface area contributed by atoms with Crippen LogP contribution < -0.4 is 9.64 Å². The predicted octanol–water partition coefficient (Wildman–Crippen LogP) is 16.2. The van der Waals surface area contributed by atoms with Crippen LogP contribution in [0.2, 0.25) is 0 Å². The third kappa shape index (κ3) is 5.25. The Balaban J connectivity index is 1.11. The molecular weight excluding hydrogens is 755 g/mol. The predicted molar refractivity (Wildman–Crippen MR) is 257 cm³/mol. The standard InChI is InChI=1S/C59H41NO2/c1-4-37(2)33-39-28-31-49-55(35-39)62-58-45-30-27-38(3)34-41(45)29-32-51(58)59(49)48-22-10-8-19-46(48)56-44(21-13-23-50(56)59)40-15-12-18-43(36-40)60(42-16-6-5-7-17-42)52-24-14-26-54-57(52)47-20-9-11-25-53(47)61-54/h4-36H,1H2,2-3H3/b37-33-. The SMILES string of the molecule is C=C/C(C)=C\c1ccc2c(c1)Oc1c(ccc3cc(C)ccc13)C21c2ccccc2-c2c(-c3cccc(N(c4ccccc4)c4cccc5oc6ccccc6c45)c3)cccc21. The summed E-state index contributed by atoms with van der Waals surface area (Å²) < 4.78 is 13.5. The second-order valence-electron chi connectivity index (χ2n) is 16.6. The van der Waals surface area contributed by atoms with Crippen LogP contribution in [0.4, 0.5) is 17.1 Å². The van der Waals surface area contributed by atoms with Crippen LogP contribution >= 0.6 is 0 Å². The number of hydrogen-bond acceptors (Lipinski definition) is 3. The molecular formula is C59H41NO2. The molecule has 0 saturated heterocycles. The van der Waals surface area contributed by atoms with E-state index in [9.17, 15) is 0 Å². The first kappa shape index (κ1) is 36.0. The van der Waals surface area contributed by atoms with E-state index in [1.54, 1.807) is 0 Å². The Hall–Kier alpha value is -7.88. The Morgan fingerprint density at radius 3 is 2.23 bits per heavy atom. The lowest BCUT2D eigenvalue weighted by Gasteiger charge is -2.40. The summed E-state index contributed by atoms with van der Waals surface area (Å²) >= 11 is 0. The van der Waals surface area contributed by atoms with Crippen molar-refractivity contribution < 1.29 is 9.15 Å². The maximum Gasteiger partial charge on any atom is 0.140 e. The molecule has 2 aliphatic rings. The second kappa shape index (κ2) is 13.8. The zero-order valence-corrected chi connectivity index (χ0v) is 34.5. The zero-order valence-electron chi connectivity index (χ0n) is 34.5. The van der Waals surface area contributed by atoms with Crippen molar-refractivity contribution in [1.82, 2.24) is 0 Å². The van der Waals surface area contributed by atoms with E-state index in [-0.39, 0.29) is 0 Å². The van der Waals surface area contributed by atoms with E-state index in [1.807, 2.05) is 18.2 Å². The number of rotatable bonds is 6. The first-order valence-electron chi connectivity index (χ1n) is 21.3. The highest BCUT2D eigenvalue weighted by Crippen LogP contribution is 2.64. The van der Waals surface area contributed by atoms with Crippen molar-refractivity contribution in [3.05, 3.63) is 240 Å². The van der Waals surface area contributed by atoms with Gasteiger partial charge in [-0.3, -0.25) is 0 Å². The molecule has 1 aromatic heterocycles. The van der Waals surface area contributed by atoms with Gasteiger partial charge in [0.25, 0.3) is 0 Å². The molecule has 294 valence electrons. The zero-order chi connectivity index (χ0) is 41.5. The number of ether oxygens (including phenoxy) is 1. The average molecular weight is 796 g/mol. The van der Waals surface area contributed by atoms with Gasteiger partial charge in [0.1, 0.15) is 22.7 Å². The van der Waals surface area contributed by atoms with Gasteiger partial charge in [-0.05, 0) is 107 Å². The fourth-order valence-electron chi connectivity index (χ4n) is 10.3. The Morgan fingerprint density at radius 2 is 1.32 bits per heavy atom. The van der Waals surface area contributed by atoms with Gasteiger partial charge in [-0.15, -0.1) is 0 Å². The number of fused-ring (bicyclic) bond motifs is 14. The number of aryl methyl sites for hydroxylation is 1. The second-order valence-corrected chi connectivity index (χ2v) is 16.6. The van der Waals surface area contributed by atoms with Crippen LogP contribution in [-0.4, -0.2) is 0 Å². The molecule has 1 spiro atoms. The maximum atomic E-state index is 7.13. The molecule has 0 radical (unpaired) electrons. The molecule has 9 aromatic carbocycles. The van der Waals surface area contributed by atoms with Crippen LogP contribution in [0.15, 0.2) is 211 Å². The highest BCUT2D eigenvalue weighted by molar-refractivity contribution is 6.13. The van der Waals surface area contributed by atoms with Crippen molar-refractivity contribution >= 4 is 55.8 Å². The van der Waals surface area contributed by atoms with E-state index in [4.69, 9.17) is 9.15 Å². The minimum Gasteiger partial charge on any atom is -0.456 e. The van der Waals surface area contributed by atoms with Crippen LogP contribution in [0.3, 0.4) is 0 Å². The van der Waals surface area contributed by atoms with E-state index >= 15 is 0 Å². The summed E-state index contributed by atoms with van der Waals surface area (Å²) in [4.78, 5) is 2.37. The van der Waals surface area contributed by atoms with E-state index in [0.717, 1.165) is 83.7 Å². The molecule has 0 bridgehead atoms. The highest BCUT2D eigenvalue weighted by atomic mass is 16.5. The third-order valence-electron chi connectivity index (χ3n) is 13.0. The molecule has 0 N–H and O–H groups in total. The molecule has 1 aliphatic heterocycles. The fourth-order valence-corrected chi connectivity index (χ4v) is 10.3. The van der Waals surface area contributed by atoms with Gasteiger partial charge in [0.05, 0.1) is 16.5 Å². The van der Waals surface area contributed by atoms with Crippen LogP contribution in [-0.2, 0) is 5.41 Å². The smallest absolute Gasteiger partial charge is 0.140 e. The number of hydrogen-bond donors (Lipinski definition) is 0. The Morgan fingerprint density at radius 1 is 0.581 bits per heavy atom. The van der Waals surface area contributed by atoms with Gasteiger partial charge in [0, 0.05) is 33.3 Å². The van der Waals surface area contributed by atoms with Gasteiger partial charge >= 0.3 is 0 Å². The number of nitrogens with zero attached hydrogens (tertiary/aromatic N) is 1. The average Bonchev–Trinajstić information content (AvgIpc) is 3.84. The minimum absolute atomic E-state index is 0.634. The van der Waals surface area contributed by atoms with Crippen LogP contribution in [0.5, 0.6) is 11.5 Å². The van der Waals surface area contributed by atoms with E-state index in [0.29, 0.717) is 0 Å². The first-order valence-corrected chi connectivity index (χ1v) is 21.3. The Labute approximate surface area is 361 Å². The number of benzene rings is 9. The van der Waals surface area contributed by atoms with Crippen molar-refractivity contribution in [1.29, 1.82) is 0 Å². The summed E-state index contributed by atoms with van der Waals surface area (Å²) in [5, 5.41) is 4.46. The number of para-hydroxylation sites is 2. The van der Waals surface area contributed by atoms with Crippen molar-refractivity contribution in [2.45, 2.75) is 19.3 Å². The lowest BCUT2D eigenvalue weighted by molar-refractivity contribution is 0.441. The largest absolute Gasteiger partial charge is 0.456 e.